The van der Waals surface area contributed by atoms with Crippen molar-refractivity contribution in [1.82, 2.24) is 9.78 Å². The number of alkyl halides is 4. The van der Waals surface area contributed by atoms with Gasteiger partial charge in [0.1, 0.15) is 11.6 Å². The normalized spacial score (nSPS) is 16.3. The van der Waals surface area contributed by atoms with Gasteiger partial charge < -0.3 is 0 Å². The van der Waals surface area contributed by atoms with Gasteiger partial charge in [-0.1, -0.05) is 58.4 Å². The van der Waals surface area contributed by atoms with Gasteiger partial charge in [-0.25, -0.2) is 9.07 Å². The number of anilines is 1. The van der Waals surface area contributed by atoms with Crippen molar-refractivity contribution in [2.24, 2.45) is 5.92 Å². The number of aromatic nitrogens is 2. The summed E-state index contributed by atoms with van der Waals surface area (Å²) in [5.74, 6) is -2.50. The second kappa shape index (κ2) is 13.5. The summed E-state index contributed by atoms with van der Waals surface area (Å²) in [6.07, 6.45) is -4.95. The molecule has 1 aliphatic rings. The molecule has 2 atom stereocenters. The average Bonchev–Trinajstić information content (AvgIpc) is 3.33. The fourth-order valence-electron chi connectivity index (χ4n) is 5.31. The molecule has 222 valence electrons. The molecule has 2 heterocycles. The molecular weight excluding hydrogens is 654 g/mol. The van der Waals surface area contributed by atoms with Crippen LogP contribution in [0.25, 0.3) is 5.69 Å². The van der Waals surface area contributed by atoms with Crippen LogP contribution in [0.4, 0.5) is 23.4 Å². The number of carbonyl (C=O) groups excluding carboxylic acids is 2. The lowest BCUT2D eigenvalue weighted by Gasteiger charge is -2.38. The summed E-state index contributed by atoms with van der Waals surface area (Å²) in [6.45, 7) is 2.08. The number of rotatable bonds is 7. The van der Waals surface area contributed by atoms with Gasteiger partial charge >= 0.3 is 6.18 Å². The maximum atomic E-state index is 14.1. The zero-order valence-electron chi connectivity index (χ0n) is 22.3. The molecule has 0 N–H and O–H groups in total. The molecule has 5 rings (SSSR count). The van der Waals surface area contributed by atoms with Gasteiger partial charge in [0, 0.05) is 35.3 Å². The molecule has 0 unspecified atom stereocenters. The number of amides is 1. The van der Waals surface area contributed by atoms with Crippen molar-refractivity contribution in [2.75, 3.05) is 11.4 Å². The molecule has 0 aliphatic carbocycles. The van der Waals surface area contributed by atoms with Crippen molar-refractivity contribution in [3.8, 4) is 5.69 Å². The first-order chi connectivity index (χ1) is 19.1. The minimum atomic E-state index is -4.61. The van der Waals surface area contributed by atoms with Crippen molar-refractivity contribution in [2.45, 2.75) is 30.8 Å². The molecule has 1 aromatic heterocycles. The van der Waals surface area contributed by atoms with Crippen LogP contribution in [-0.4, -0.2) is 28.0 Å². The number of fused-ring (bicyclic) bond motifs is 1. The van der Waals surface area contributed by atoms with Crippen molar-refractivity contribution >= 4 is 60.4 Å². The van der Waals surface area contributed by atoms with Crippen LogP contribution in [0.2, 0.25) is 0 Å². The highest BCUT2D eigenvalue weighted by molar-refractivity contribution is 9.08. The van der Waals surface area contributed by atoms with Crippen molar-refractivity contribution < 1.29 is 27.2 Å². The average molecular weight is 683 g/mol. The Hall–Kier alpha value is -3.09. The highest BCUT2D eigenvalue weighted by atomic mass is 79.9. The molecule has 1 aliphatic heterocycles. The second-order valence-electron chi connectivity index (χ2n) is 9.49. The Kier molecular flexibility index (Phi) is 10.7. The number of hydrogen-bond donors (Lipinski definition) is 0. The number of benzene rings is 3. The van der Waals surface area contributed by atoms with E-state index in [1.165, 1.54) is 24.3 Å². The van der Waals surface area contributed by atoms with E-state index in [1.807, 2.05) is 37.3 Å². The predicted molar refractivity (Wildman–Crippen MR) is 167 cm³/mol. The number of nitrogens with zero attached hydrogens (tertiary/aromatic N) is 3. The number of carbonyl (C=O) groups is 2. The zero-order chi connectivity index (χ0) is 28.6. The highest BCUT2D eigenvalue weighted by Gasteiger charge is 2.46. The van der Waals surface area contributed by atoms with Gasteiger partial charge in [0.25, 0.3) is 0 Å². The van der Waals surface area contributed by atoms with E-state index in [9.17, 15) is 27.2 Å². The minimum absolute atomic E-state index is 0. The van der Waals surface area contributed by atoms with Gasteiger partial charge in [-0.05, 0) is 48.9 Å². The fraction of sp³-hybridized carbons (Fsp3) is 0.233. The van der Waals surface area contributed by atoms with Gasteiger partial charge in [0.2, 0.25) is 5.91 Å². The molecule has 1 amide bonds. The van der Waals surface area contributed by atoms with E-state index in [0.29, 0.717) is 28.0 Å². The summed E-state index contributed by atoms with van der Waals surface area (Å²) in [5, 5.41) is 5.15. The summed E-state index contributed by atoms with van der Waals surface area (Å²) in [6, 6.07) is 19.2. The molecular formula is C30H28BrF4N3O2S2. The van der Waals surface area contributed by atoms with E-state index in [4.69, 9.17) is 5.10 Å². The first kappa shape index (κ1) is 33.4. The van der Waals surface area contributed by atoms with Crippen LogP contribution in [0.3, 0.4) is 0 Å². The van der Waals surface area contributed by atoms with Crippen molar-refractivity contribution in [3.63, 3.8) is 0 Å². The first-order valence-corrected chi connectivity index (χ1v) is 13.8. The van der Waals surface area contributed by atoms with E-state index in [2.05, 4.69) is 15.9 Å². The van der Waals surface area contributed by atoms with Gasteiger partial charge in [0.05, 0.1) is 22.9 Å². The van der Waals surface area contributed by atoms with E-state index in [-0.39, 0.29) is 51.4 Å². The Bertz CT molecular complexity index is 1560. The Morgan fingerprint density at radius 2 is 1.64 bits per heavy atom. The smallest absolute Gasteiger partial charge is 0.296 e. The van der Waals surface area contributed by atoms with Crippen LogP contribution in [0.1, 0.15) is 52.0 Å². The van der Waals surface area contributed by atoms with Crippen LogP contribution in [0.5, 0.6) is 0 Å². The fourth-order valence-corrected chi connectivity index (χ4v) is 5.72. The van der Waals surface area contributed by atoms with Crippen LogP contribution < -0.4 is 4.90 Å². The lowest BCUT2D eigenvalue weighted by atomic mass is 9.74. The quantitative estimate of drug-likeness (QED) is 0.115. The Morgan fingerprint density at radius 3 is 2.24 bits per heavy atom. The number of ketones is 1. The number of hydrogen-bond acceptors (Lipinski definition) is 3. The van der Waals surface area contributed by atoms with Crippen LogP contribution >= 0.6 is 42.9 Å². The third-order valence-electron chi connectivity index (χ3n) is 7.12. The lowest BCUT2D eigenvalue weighted by Crippen LogP contribution is -2.45. The van der Waals surface area contributed by atoms with Gasteiger partial charge in [-0.2, -0.15) is 45.3 Å². The van der Waals surface area contributed by atoms with E-state index in [0.717, 1.165) is 17.8 Å². The van der Waals surface area contributed by atoms with Crippen LogP contribution in [0.15, 0.2) is 78.9 Å². The molecule has 0 spiro atoms. The molecule has 0 saturated carbocycles. The lowest BCUT2D eigenvalue weighted by molar-refractivity contribution is -0.137. The molecule has 12 heteroatoms. The Labute approximate surface area is 262 Å². The topological polar surface area (TPSA) is 55.2 Å². The third kappa shape index (κ3) is 6.30. The van der Waals surface area contributed by atoms with Gasteiger partial charge in [-0.3, -0.25) is 14.5 Å². The number of para-hydroxylation sites is 1. The molecule has 0 bridgehead atoms. The second-order valence-corrected chi connectivity index (χ2v) is 10.0. The maximum Gasteiger partial charge on any atom is 0.416 e. The Morgan fingerprint density at radius 1 is 0.976 bits per heavy atom. The third-order valence-corrected chi connectivity index (χ3v) is 7.65. The van der Waals surface area contributed by atoms with E-state index >= 15 is 0 Å². The summed E-state index contributed by atoms with van der Waals surface area (Å²) >= 11 is 3.51. The summed E-state index contributed by atoms with van der Waals surface area (Å²) in [7, 11) is 0. The standard InChI is InChI=1S/C30H24BrF4N3O2.2H2S/c1-2-37-28-27(24(17-31)36-38(28)22-9-4-3-5-10-22)26(18-11-13-21(32)14-12-18)23(29(37)40)16-25(39)19-7-6-8-20(15-19)30(33,34)35;;/h3-15,23,26H,2,16-17H2,1H3;2*1H2/t23-,26+;;/m0../s1. The molecule has 5 nitrogen and oxygen atoms in total. The predicted octanol–water partition coefficient (Wildman–Crippen LogP) is 7.54. The highest BCUT2D eigenvalue weighted by Crippen LogP contribution is 2.48. The first-order valence-electron chi connectivity index (χ1n) is 12.6. The molecule has 0 radical (unpaired) electrons. The minimum Gasteiger partial charge on any atom is -0.296 e. The molecule has 0 fully saturated rings. The van der Waals surface area contributed by atoms with Gasteiger partial charge in [-0.15, -0.1) is 0 Å². The molecule has 3 aromatic carbocycles. The van der Waals surface area contributed by atoms with Crippen molar-refractivity contribution in [1.29, 1.82) is 0 Å². The number of halogens is 5. The zero-order valence-corrected chi connectivity index (χ0v) is 25.9. The molecule has 4 aromatic rings. The number of Topliss-reactive ketones (excluding diaryl/α,β-unsaturated/α-hetero) is 1. The maximum absolute atomic E-state index is 14.1. The SMILES string of the molecule is CCN1C(=O)[C@@H](CC(=O)c2cccc(C(F)(F)F)c2)[C@@H](c2ccc(F)cc2)c2c(CBr)nn(-c3ccccc3)c21.S.S. The summed E-state index contributed by atoms with van der Waals surface area (Å²) < 4.78 is 55.6. The molecule has 42 heavy (non-hydrogen) atoms. The van der Waals surface area contributed by atoms with E-state index in [1.54, 1.807) is 21.7 Å². The summed E-state index contributed by atoms with van der Waals surface area (Å²) in [4.78, 5) is 29.1. The summed E-state index contributed by atoms with van der Waals surface area (Å²) in [5.41, 5.74) is 1.60. The molecule has 0 saturated heterocycles. The van der Waals surface area contributed by atoms with Crippen LogP contribution in [-0.2, 0) is 16.3 Å². The van der Waals surface area contributed by atoms with Gasteiger partial charge in [0.15, 0.2) is 5.78 Å². The van der Waals surface area contributed by atoms with Crippen molar-refractivity contribution in [3.05, 3.63) is 113 Å². The Balaban J connectivity index is 0.00000242. The van der Waals surface area contributed by atoms with Crippen LogP contribution in [0, 0.1) is 11.7 Å². The largest absolute Gasteiger partial charge is 0.416 e. The van der Waals surface area contributed by atoms with E-state index < -0.39 is 35.2 Å². The monoisotopic (exact) mass is 681 g/mol.